The van der Waals surface area contributed by atoms with Crippen molar-refractivity contribution in [2.75, 3.05) is 26.3 Å². The molecule has 0 aromatic rings. The van der Waals surface area contributed by atoms with Crippen molar-refractivity contribution in [1.29, 1.82) is 0 Å². The molecule has 2 rings (SSSR count). The summed E-state index contributed by atoms with van der Waals surface area (Å²) in [6, 6.07) is 0. The highest BCUT2D eigenvalue weighted by atomic mass is 32.1. The molecule has 0 saturated carbocycles. The Hall–Kier alpha value is -0.720. The Morgan fingerprint density at radius 1 is 1.24 bits per heavy atom. The fourth-order valence-corrected chi connectivity index (χ4v) is 2.30. The second kappa shape index (κ2) is 5.75. The van der Waals surface area contributed by atoms with Crippen molar-refractivity contribution in [3.8, 4) is 0 Å². The van der Waals surface area contributed by atoms with Crippen molar-refractivity contribution >= 4 is 23.1 Å². The van der Waals surface area contributed by atoms with Crippen LogP contribution in [-0.4, -0.2) is 54.3 Å². The van der Waals surface area contributed by atoms with E-state index in [9.17, 15) is 4.79 Å². The number of carbonyl (C=O) groups is 1. The van der Waals surface area contributed by atoms with Crippen LogP contribution in [-0.2, 0) is 14.3 Å². The molecule has 2 fully saturated rings. The predicted octanol–water partition coefficient (Wildman–Crippen LogP) is 0.0690. The fraction of sp³-hybridized carbons (Fsp3) is 0.818. The normalized spacial score (nSPS) is 30.0. The number of hydrogen-bond acceptors (Lipinski definition) is 4. The van der Waals surface area contributed by atoms with Crippen LogP contribution in [0.2, 0.25) is 0 Å². The molecule has 2 N–H and O–H groups in total. The van der Waals surface area contributed by atoms with E-state index >= 15 is 0 Å². The lowest BCUT2D eigenvalue weighted by Crippen LogP contribution is -2.53. The van der Waals surface area contributed by atoms with Crippen LogP contribution in [0.15, 0.2) is 0 Å². The molecule has 2 saturated heterocycles. The topological polar surface area (TPSA) is 64.8 Å². The first-order valence-corrected chi connectivity index (χ1v) is 6.40. The standard InChI is InChI=1S/C11H18N2O3S/c12-10(17)9-7-13(4-6-16-9)11(14)8-3-1-2-5-15-8/h8-9H,1-7H2,(H2,12,17). The molecule has 6 heteroatoms. The molecule has 17 heavy (non-hydrogen) atoms. The summed E-state index contributed by atoms with van der Waals surface area (Å²) in [4.78, 5) is 14.2. The van der Waals surface area contributed by atoms with Crippen molar-refractivity contribution in [3.05, 3.63) is 0 Å². The zero-order valence-corrected chi connectivity index (χ0v) is 10.6. The van der Waals surface area contributed by atoms with Crippen molar-refractivity contribution in [2.45, 2.75) is 31.5 Å². The smallest absolute Gasteiger partial charge is 0.251 e. The molecule has 0 aromatic heterocycles. The molecule has 2 aliphatic heterocycles. The second-order valence-electron chi connectivity index (χ2n) is 4.40. The quantitative estimate of drug-likeness (QED) is 0.710. The van der Waals surface area contributed by atoms with E-state index in [0.29, 0.717) is 31.3 Å². The summed E-state index contributed by atoms with van der Waals surface area (Å²) < 4.78 is 10.9. The molecule has 2 atom stereocenters. The van der Waals surface area contributed by atoms with Crippen LogP contribution in [0.25, 0.3) is 0 Å². The number of nitrogens with zero attached hydrogens (tertiary/aromatic N) is 1. The summed E-state index contributed by atoms with van der Waals surface area (Å²) in [6.07, 6.45) is 2.32. The van der Waals surface area contributed by atoms with Gasteiger partial charge in [-0.25, -0.2) is 0 Å². The van der Waals surface area contributed by atoms with E-state index in [2.05, 4.69) is 0 Å². The molecule has 0 spiro atoms. The monoisotopic (exact) mass is 258 g/mol. The minimum absolute atomic E-state index is 0.0502. The maximum atomic E-state index is 12.2. The highest BCUT2D eigenvalue weighted by molar-refractivity contribution is 7.80. The van der Waals surface area contributed by atoms with Gasteiger partial charge in [0.15, 0.2) is 0 Å². The molecule has 0 radical (unpaired) electrons. The second-order valence-corrected chi connectivity index (χ2v) is 4.87. The zero-order chi connectivity index (χ0) is 12.3. The highest BCUT2D eigenvalue weighted by Gasteiger charge is 2.31. The van der Waals surface area contributed by atoms with Gasteiger partial charge >= 0.3 is 0 Å². The van der Waals surface area contributed by atoms with Gasteiger partial charge in [-0.05, 0) is 19.3 Å². The minimum atomic E-state index is -0.314. The van der Waals surface area contributed by atoms with Gasteiger partial charge in [-0.1, -0.05) is 12.2 Å². The maximum absolute atomic E-state index is 12.2. The summed E-state index contributed by atoms with van der Waals surface area (Å²) in [5.74, 6) is 0.0502. The molecule has 2 aliphatic rings. The summed E-state index contributed by atoms with van der Waals surface area (Å²) in [5.41, 5.74) is 5.55. The number of hydrogen-bond donors (Lipinski definition) is 1. The Morgan fingerprint density at radius 2 is 2.00 bits per heavy atom. The lowest BCUT2D eigenvalue weighted by molar-refractivity contribution is -0.151. The number of amides is 1. The van der Waals surface area contributed by atoms with Gasteiger partial charge in [0.1, 0.15) is 17.2 Å². The number of morpholine rings is 1. The third-order valence-corrected chi connectivity index (χ3v) is 3.41. The molecule has 0 aromatic carbocycles. The predicted molar refractivity (Wildman–Crippen MR) is 66.7 cm³/mol. The van der Waals surface area contributed by atoms with Gasteiger partial charge in [0.2, 0.25) is 0 Å². The number of carbonyl (C=O) groups excluding carboxylic acids is 1. The largest absolute Gasteiger partial charge is 0.391 e. The van der Waals surface area contributed by atoms with Crippen LogP contribution in [0.5, 0.6) is 0 Å². The highest BCUT2D eigenvalue weighted by Crippen LogP contribution is 2.17. The summed E-state index contributed by atoms with van der Waals surface area (Å²) >= 11 is 4.90. The van der Waals surface area contributed by atoms with Crippen molar-refractivity contribution in [3.63, 3.8) is 0 Å². The van der Waals surface area contributed by atoms with Crippen LogP contribution in [0.3, 0.4) is 0 Å². The Balaban J connectivity index is 1.91. The first-order valence-electron chi connectivity index (χ1n) is 6.00. The molecule has 0 bridgehead atoms. The fourth-order valence-electron chi connectivity index (χ4n) is 2.16. The van der Waals surface area contributed by atoms with Crippen molar-refractivity contribution in [2.24, 2.45) is 5.73 Å². The SMILES string of the molecule is NC(=S)C1CN(C(=O)C2CCCCO2)CCO1. The van der Waals surface area contributed by atoms with Gasteiger partial charge < -0.3 is 20.1 Å². The van der Waals surface area contributed by atoms with Gasteiger partial charge in [-0.3, -0.25) is 4.79 Å². The van der Waals surface area contributed by atoms with Gasteiger partial charge in [-0.2, -0.15) is 0 Å². The van der Waals surface area contributed by atoms with Gasteiger partial charge in [0.25, 0.3) is 5.91 Å². The van der Waals surface area contributed by atoms with E-state index < -0.39 is 0 Å². The first-order chi connectivity index (χ1) is 8.18. The number of thiocarbonyl (C=S) groups is 1. The van der Waals surface area contributed by atoms with E-state index in [1.54, 1.807) is 4.90 Å². The lowest BCUT2D eigenvalue weighted by Gasteiger charge is -2.35. The van der Waals surface area contributed by atoms with E-state index in [0.717, 1.165) is 19.3 Å². The third-order valence-electron chi connectivity index (χ3n) is 3.15. The van der Waals surface area contributed by atoms with Gasteiger partial charge in [-0.15, -0.1) is 0 Å². The van der Waals surface area contributed by atoms with E-state index in [-0.39, 0.29) is 18.1 Å². The zero-order valence-electron chi connectivity index (χ0n) is 9.76. The Bertz CT molecular complexity index is 305. The molecule has 0 aliphatic carbocycles. The number of ether oxygens (including phenoxy) is 2. The van der Waals surface area contributed by atoms with E-state index in [1.165, 1.54) is 0 Å². The number of rotatable bonds is 2. The first kappa shape index (κ1) is 12.7. The molecular formula is C11H18N2O3S. The summed E-state index contributed by atoms with van der Waals surface area (Å²) in [7, 11) is 0. The van der Waals surface area contributed by atoms with Gasteiger partial charge in [0, 0.05) is 13.2 Å². The van der Waals surface area contributed by atoms with Crippen molar-refractivity contribution in [1.82, 2.24) is 4.90 Å². The van der Waals surface area contributed by atoms with Crippen LogP contribution in [0, 0.1) is 0 Å². The average Bonchev–Trinajstić information content (AvgIpc) is 2.39. The van der Waals surface area contributed by atoms with Gasteiger partial charge in [0.05, 0.1) is 13.2 Å². The number of nitrogens with two attached hydrogens (primary N) is 1. The Labute approximate surface area is 106 Å². The molecule has 1 amide bonds. The maximum Gasteiger partial charge on any atom is 0.251 e. The van der Waals surface area contributed by atoms with Crippen LogP contribution < -0.4 is 5.73 Å². The Kier molecular flexibility index (Phi) is 4.31. The summed E-state index contributed by atoms with van der Waals surface area (Å²) in [6.45, 7) is 2.21. The van der Waals surface area contributed by atoms with Crippen LogP contribution in [0.4, 0.5) is 0 Å². The summed E-state index contributed by atoms with van der Waals surface area (Å²) in [5, 5.41) is 0. The molecule has 96 valence electrons. The minimum Gasteiger partial charge on any atom is -0.391 e. The molecule has 2 heterocycles. The van der Waals surface area contributed by atoms with E-state index in [1.807, 2.05) is 0 Å². The Morgan fingerprint density at radius 3 is 2.65 bits per heavy atom. The van der Waals surface area contributed by atoms with Crippen LogP contribution in [0.1, 0.15) is 19.3 Å². The van der Waals surface area contributed by atoms with Crippen molar-refractivity contribution < 1.29 is 14.3 Å². The molecule has 5 nitrogen and oxygen atoms in total. The molecule has 2 unspecified atom stereocenters. The molecular weight excluding hydrogens is 240 g/mol. The lowest BCUT2D eigenvalue weighted by atomic mass is 10.1. The van der Waals surface area contributed by atoms with Crippen LogP contribution >= 0.6 is 12.2 Å². The average molecular weight is 258 g/mol. The van der Waals surface area contributed by atoms with E-state index in [4.69, 9.17) is 27.4 Å². The third kappa shape index (κ3) is 3.14.